The lowest BCUT2D eigenvalue weighted by Gasteiger charge is -2.39. The van der Waals surface area contributed by atoms with Crippen LogP contribution in [0.1, 0.15) is 12.6 Å². The predicted molar refractivity (Wildman–Crippen MR) is 68.0 cm³/mol. The number of nitrogens with zero attached hydrogens (tertiary/aromatic N) is 3. The average molecular weight is 274 g/mol. The molecule has 1 aliphatic rings. The predicted octanol–water partition coefficient (Wildman–Crippen LogP) is 1.82. The number of anilines is 2. The Balaban J connectivity index is 2.29. The lowest BCUT2D eigenvalue weighted by Crippen LogP contribution is -2.50. The zero-order valence-electron chi connectivity index (χ0n) is 10.9. The Bertz CT molecular complexity index is 461. The molecule has 1 aromatic heterocycles. The second-order valence-electron chi connectivity index (χ2n) is 4.90. The Labute approximate surface area is 110 Å². The summed E-state index contributed by atoms with van der Waals surface area (Å²) in [6, 6.07) is 1.31. The topological polar surface area (TPSA) is 45.4 Å². The molecule has 0 radical (unpaired) electrons. The number of halogens is 3. The quantitative estimate of drug-likeness (QED) is 0.848. The highest BCUT2D eigenvalue weighted by Gasteiger charge is 2.34. The van der Waals surface area contributed by atoms with E-state index in [1.165, 1.54) is 0 Å². The zero-order valence-corrected chi connectivity index (χ0v) is 10.9. The number of alkyl halides is 3. The molecule has 1 unspecified atom stereocenters. The highest BCUT2D eigenvalue weighted by atomic mass is 19.4. The molecule has 0 aliphatic carbocycles. The first-order valence-electron chi connectivity index (χ1n) is 6.07. The second kappa shape index (κ2) is 4.88. The van der Waals surface area contributed by atoms with Crippen molar-refractivity contribution in [2.24, 2.45) is 0 Å². The van der Waals surface area contributed by atoms with Gasteiger partial charge in [-0.2, -0.15) is 13.2 Å². The van der Waals surface area contributed by atoms with E-state index in [1.54, 1.807) is 0 Å². The van der Waals surface area contributed by atoms with Crippen molar-refractivity contribution in [1.82, 2.24) is 9.88 Å². The van der Waals surface area contributed by atoms with Crippen molar-refractivity contribution < 1.29 is 13.2 Å². The molecule has 19 heavy (non-hydrogen) atoms. The normalized spacial score (nSPS) is 21.7. The van der Waals surface area contributed by atoms with Crippen LogP contribution in [-0.4, -0.2) is 42.6 Å². The Hall–Kier alpha value is -1.50. The molecule has 0 bridgehead atoms. The van der Waals surface area contributed by atoms with Gasteiger partial charge in [0.15, 0.2) is 0 Å². The summed E-state index contributed by atoms with van der Waals surface area (Å²) in [7, 11) is 2.00. The van der Waals surface area contributed by atoms with Crippen LogP contribution in [0.15, 0.2) is 12.3 Å². The summed E-state index contributed by atoms with van der Waals surface area (Å²) in [4.78, 5) is 7.40. The smallest absolute Gasteiger partial charge is 0.396 e. The Kier molecular flexibility index (Phi) is 3.58. The van der Waals surface area contributed by atoms with E-state index in [4.69, 9.17) is 5.73 Å². The highest BCUT2D eigenvalue weighted by Crippen LogP contribution is 2.33. The molecule has 0 aromatic carbocycles. The van der Waals surface area contributed by atoms with Crippen LogP contribution in [0.4, 0.5) is 24.5 Å². The summed E-state index contributed by atoms with van der Waals surface area (Å²) >= 11 is 0. The Morgan fingerprint density at radius 2 is 2.05 bits per heavy atom. The minimum Gasteiger partial charge on any atom is -0.396 e. The van der Waals surface area contributed by atoms with Gasteiger partial charge in [0.05, 0.1) is 17.6 Å². The molecule has 106 valence electrons. The molecule has 0 amide bonds. The third-order valence-corrected chi connectivity index (χ3v) is 3.50. The van der Waals surface area contributed by atoms with E-state index in [0.717, 1.165) is 18.8 Å². The largest absolute Gasteiger partial charge is 0.433 e. The maximum atomic E-state index is 12.7. The number of likely N-dealkylation sites (N-methyl/N-ethyl adjacent to an activating group) is 1. The first-order valence-corrected chi connectivity index (χ1v) is 6.07. The first-order chi connectivity index (χ1) is 8.79. The van der Waals surface area contributed by atoms with Gasteiger partial charge in [0.1, 0.15) is 5.69 Å². The van der Waals surface area contributed by atoms with Gasteiger partial charge in [-0.3, -0.25) is 0 Å². The van der Waals surface area contributed by atoms with E-state index in [1.807, 2.05) is 18.9 Å². The summed E-state index contributed by atoms with van der Waals surface area (Å²) in [5.41, 5.74) is 5.56. The van der Waals surface area contributed by atoms with Crippen LogP contribution in [0.3, 0.4) is 0 Å². The van der Waals surface area contributed by atoms with Gasteiger partial charge in [-0.1, -0.05) is 0 Å². The number of rotatable bonds is 1. The summed E-state index contributed by atoms with van der Waals surface area (Å²) in [6.45, 7) is 4.15. The van der Waals surface area contributed by atoms with E-state index in [0.29, 0.717) is 18.8 Å². The maximum absolute atomic E-state index is 12.7. The van der Waals surface area contributed by atoms with Gasteiger partial charge < -0.3 is 15.5 Å². The lowest BCUT2D eigenvalue weighted by molar-refractivity contribution is -0.141. The first kappa shape index (κ1) is 13.9. The van der Waals surface area contributed by atoms with Gasteiger partial charge in [0, 0.05) is 25.7 Å². The molecule has 2 heterocycles. The highest BCUT2D eigenvalue weighted by molar-refractivity contribution is 5.67. The fourth-order valence-corrected chi connectivity index (χ4v) is 2.15. The third kappa shape index (κ3) is 2.91. The van der Waals surface area contributed by atoms with Crippen molar-refractivity contribution in [1.29, 1.82) is 0 Å². The number of aromatic nitrogens is 1. The summed E-state index contributed by atoms with van der Waals surface area (Å²) in [5.74, 6) is 0. The van der Waals surface area contributed by atoms with Crippen LogP contribution in [0.25, 0.3) is 0 Å². The SMILES string of the molecule is CC1CN(c2cc(C(F)(F)F)ncc2N)CCN1C. The van der Waals surface area contributed by atoms with Crippen molar-refractivity contribution >= 4 is 11.4 Å². The molecule has 1 saturated heterocycles. The minimum atomic E-state index is -4.44. The van der Waals surface area contributed by atoms with Gasteiger partial charge in [-0.05, 0) is 20.0 Å². The molecule has 1 aromatic rings. The summed E-state index contributed by atoms with van der Waals surface area (Å²) < 4.78 is 38.0. The third-order valence-electron chi connectivity index (χ3n) is 3.50. The summed E-state index contributed by atoms with van der Waals surface area (Å²) in [6.07, 6.45) is -3.36. The second-order valence-corrected chi connectivity index (χ2v) is 4.90. The zero-order chi connectivity index (χ0) is 14.2. The summed E-state index contributed by atoms with van der Waals surface area (Å²) in [5, 5.41) is 0. The van der Waals surface area contributed by atoms with E-state index in [-0.39, 0.29) is 11.7 Å². The number of pyridine rings is 1. The number of nitrogen functional groups attached to an aromatic ring is 1. The molecule has 0 saturated carbocycles. The minimum absolute atomic E-state index is 0.274. The van der Waals surface area contributed by atoms with Crippen LogP contribution in [0.5, 0.6) is 0 Å². The van der Waals surface area contributed by atoms with Crippen molar-refractivity contribution in [3.05, 3.63) is 18.0 Å². The molecular formula is C12H17F3N4. The Morgan fingerprint density at radius 1 is 1.37 bits per heavy atom. The molecule has 1 fully saturated rings. The van der Waals surface area contributed by atoms with Gasteiger partial charge >= 0.3 is 6.18 Å². The average Bonchev–Trinajstić information content (AvgIpc) is 2.32. The van der Waals surface area contributed by atoms with Crippen LogP contribution in [0.2, 0.25) is 0 Å². The molecule has 4 nitrogen and oxygen atoms in total. The van der Waals surface area contributed by atoms with E-state index in [9.17, 15) is 13.2 Å². The fraction of sp³-hybridized carbons (Fsp3) is 0.583. The molecule has 1 aliphatic heterocycles. The van der Waals surface area contributed by atoms with E-state index in [2.05, 4.69) is 9.88 Å². The lowest BCUT2D eigenvalue weighted by atomic mass is 10.1. The van der Waals surface area contributed by atoms with Crippen molar-refractivity contribution in [2.45, 2.75) is 19.1 Å². The molecule has 7 heteroatoms. The molecule has 0 spiro atoms. The van der Waals surface area contributed by atoms with Gasteiger partial charge in [0.2, 0.25) is 0 Å². The van der Waals surface area contributed by atoms with E-state index >= 15 is 0 Å². The van der Waals surface area contributed by atoms with Crippen LogP contribution in [-0.2, 0) is 6.18 Å². The standard InChI is InChI=1S/C12H17F3N4/c1-8-7-19(4-3-18(8)2)10-5-11(12(13,14)15)17-6-9(10)16/h5-6,8H,3-4,7,16H2,1-2H3. The fourth-order valence-electron chi connectivity index (χ4n) is 2.15. The number of nitrogens with two attached hydrogens (primary N) is 1. The van der Waals surface area contributed by atoms with Crippen LogP contribution in [0, 0.1) is 0 Å². The van der Waals surface area contributed by atoms with Gasteiger partial charge in [-0.25, -0.2) is 4.98 Å². The molecule has 1 atom stereocenters. The van der Waals surface area contributed by atoms with Crippen molar-refractivity contribution in [2.75, 3.05) is 37.3 Å². The van der Waals surface area contributed by atoms with Crippen LogP contribution >= 0.6 is 0 Å². The number of hydrogen-bond donors (Lipinski definition) is 1. The molecule has 2 rings (SSSR count). The molecular weight excluding hydrogens is 257 g/mol. The van der Waals surface area contributed by atoms with Crippen molar-refractivity contribution in [3.8, 4) is 0 Å². The maximum Gasteiger partial charge on any atom is 0.433 e. The van der Waals surface area contributed by atoms with E-state index < -0.39 is 11.9 Å². The monoisotopic (exact) mass is 274 g/mol. The molecule has 2 N–H and O–H groups in total. The van der Waals surface area contributed by atoms with Crippen LogP contribution < -0.4 is 10.6 Å². The Morgan fingerprint density at radius 3 is 2.63 bits per heavy atom. The van der Waals surface area contributed by atoms with Gasteiger partial charge in [-0.15, -0.1) is 0 Å². The van der Waals surface area contributed by atoms with Crippen molar-refractivity contribution in [3.63, 3.8) is 0 Å². The number of hydrogen-bond acceptors (Lipinski definition) is 4. The van der Waals surface area contributed by atoms with Gasteiger partial charge in [0.25, 0.3) is 0 Å². The number of piperazine rings is 1.